The van der Waals surface area contributed by atoms with Crippen LogP contribution in [0.2, 0.25) is 0 Å². The number of ether oxygens (including phenoxy) is 1. The molecule has 2 aliphatic carbocycles. The Kier molecular flexibility index (Phi) is 4.47. The van der Waals surface area contributed by atoms with E-state index in [9.17, 15) is 19.2 Å². The number of rotatable bonds is 6. The number of carbonyl (C=O) groups excluding carboxylic acids is 4. The third-order valence-corrected chi connectivity index (χ3v) is 5.07. The van der Waals surface area contributed by atoms with Gasteiger partial charge in [0.05, 0.1) is 0 Å². The average Bonchev–Trinajstić information content (AvgIpc) is 3.25. The number of hydrogen-bond acceptors (Lipinski definition) is 5. The van der Waals surface area contributed by atoms with E-state index in [-0.39, 0.29) is 17.9 Å². The SMILES string of the molecule is C[C@H](NC(=O)COC(=O)CN1C(=O)NC2(CCCC2)C1=O)C1CC1. The van der Waals surface area contributed by atoms with Crippen molar-refractivity contribution >= 4 is 23.8 Å². The molecule has 24 heavy (non-hydrogen) atoms. The van der Waals surface area contributed by atoms with Crippen LogP contribution < -0.4 is 10.6 Å². The fourth-order valence-corrected chi connectivity index (χ4v) is 3.47. The van der Waals surface area contributed by atoms with E-state index in [0.29, 0.717) is 18.8 Å². The number of urea groups is 1. The van der Waals surface area contributed by atoms with E-state index in [2.05, 4.69) is 10.6 Å². The predicted octanol–water partition coefficient (Wildman–Crippen LogP) is 0.309. The first-order valence-electron chi connectivity index (χ1n) is 8.50. The summed E-state index contributed by atoms with van der Waals surface area (Å²) in [5.41, 5.74) is -0.839. The van der Waals surface area contributed by atoms with E-state index in [1.807, 2.05) is 6.92 Å². The van der Waals surface area contributed by atoms with Gasteiger partial charge in [0, 0.05) is 6.04 Å². The molecule has 2 saturated carbocycles. The molecule has 1 aliphatic heterocycles. The first-order chi connectivity index (χ1) is 11.4. The van der Waals surface area contributed by atoms with Gasteiger partial charge in [0.2, 0.25) is 0 Å². The number of amides is 4. The van der Waals surface area contributed by atoms with Crippen LogP contribution in [0.25, 0.3) is 0 Å². The summed E-state index contributed by atoms with van der Waals surface area (Å²) in [6, 6.07) is -0.491. The highest BCUT2D eigenvalue weighted by Crippen LogP contribution is 2.35. The fourth-order valence-electron chi connectivity index (χ4n) is 3.47. The largest absolute Gasteiger partial charge is 0.454 e. The van der Waals surface area contributed by atoms with Gasteiger partial charge in [0.1, 0.15) is 12.1 Å². The van der Waals surface area contributed by atoms with Crippen LogP contribution in [0.5, 0.6) is 0 Å². The molecule has 0 unspecified atom stereocenters. The molecule has 8 heteroatoms. The Morgan fingerprint density at radius 2 is 2.00 bits per heavy atom. The van der Waals surface area contributed by atoms with Crippen LogP contribution in [0, 0.1) is 5.92 Å². The van der Waals surface area contributed by atoms with Crippen molar-refractivity contribution in [2.75, 3.05) is 13.2 Å². The predicted molar refractivity (Wildman–Crippen MR) is 82.7 cm³/mol. The molecular weight excluding hydrogens is 314 g/mol. The molecule has 1 saturated heterocycles. The second-order valence-corrected chi connectivity index (χ2v) is 6.96. The Labute approximate surface area is 140 Å². The van der Waals surface area contributed by atoms with E-state index in [1.165, 1.54) is 0 Å². The first-order valence-corrected chi connectivity index (χ1v) is 8.50. The number of nitrogens with one attached hydrogen (secondary N) is 2. The summed E-state index contributed by atoms with van der Waals surface area (Å²) in [5.74, 6) is -0.984. The lowest BCUT2D eigenvalue weighted by Gasteiger charge is -2.19. The molecule has 4 amide bonds. The van der Waals surface area contributed by atoms with Gasteiger partial charge >= 0.3 is 12.0 Å². The molecule has 0 radical (unpaired) electrons. The van der Waals surface area contributed by atoms with Crippen LogP contribution in [0.3, 0.4) is 0 Å². The summed E-state index contributed by atoms with van der Waals surface area (Å²) in [4.78, 5) is 48.8. The van der Waals surface area contributed by atoms with Crippen molar-refractivity contribution in [3.63, 3.8) is 0 Å². The van der Waals surface area contributed by atoms with Crippen molar-refractivity contribution in [1.82, 2.24) is 15.5 Å². The maximum atomic E-state index is 12.4. The number of esters is 1. The highest BCUT2D eigenvalue weighted by molar-refractivity contribution is 6.08. The second kappa shape index (κ2) is 6.41. The Hall–Kier alpha value is -2.12. The van der Waals surface area contributed by atoms with Crippen molar-refractivity contribution in [3.8, 4) is 0 Å². The third kappa shape index (κ3) is 3.37. The molecule has 8 nitrogen and oxygen atoms in total. The van der Waals surface area contributed by atoms with Crippen molar-refractivity contribution in [3.05, 3.63) is 0 Å². The van der Waals surface area contributed by atoms with Crippen molar-refractivity contribution in [2.24, 2.45) is 5.92 Å². The Bertz CT molecular complexity index is 566. The molecule has 0 aromatic carbocycles. The first kappa shape index (κ1) is 16.7. The van der Waals surface area contributed by atoms with Gasteiger partial charge in [-0.3, -0.25) is 19.3 Å². The minimum atomic E-state index is -0.839. The van der Waals surface area contributed by atoms with Gasteiger partial charge in [-0.1, -0.05) is 12.8 Å². The molecule has 0 aromatic heterocycles. The molecular formula is C16H23N3O5. The lowest BCUT2D eigenvalue weighted by atomic mass is 9.98. The molecule has 3 rings (SSSR count). The van der Waals surface area contributed by atoms with E-state index < -0.39 is 30.7 Å². The monoisotopic (exact) mass is 337 g/mol. The lowest BCUT2D eigenvalue weighted by Crippen LogP contribution is -2.44. The number of carbonyl (C=O) groups is 4. The topological polar surface area (TPSA) is 105 Å². The zero-order chi connectivity index (χ0) is 17.3. The highest BCUT2D eigenvalue weighted by Gasteiger charge is 2.52. The molecule has 1 heterocycles. The second-order valence-electron chi connectivity index (χ2n) is 6.96. The van der Waals surface area contributed by atoms with Crippen molar-refractivity contribution in [2.45, 2.75) is 57.0 Å². The minimum Gasteiger partial charge on any atom is -0.454 e. The molecule has 1 spiro atoms. The number of hydrogen-bond donors (Lipinski definition) is 2. The van der Waals surface area contributed by atoms with Crippen LogP contribution in [0.4, 0.5) is 4.79 Å². The fraction of sp³-hybridized carbons (Fsp3) is 0.750. The standard InChI is InChI=1S/C16H23N3O5/c1-10(11-4-5-11)17-12(20)9-24-13(21)8-19-14(22)16(18-15(19)23)6-2-3-7-16/h10-11H,2-9H2,1H3,(H,17,20)(H,18,23)/t10-/m0/s1. The van der Waals surface area contributed by atoms with Gasteiger partial charge in [-0.2, -0.15) is 0 Å². The van der Waals surface area contributed by atoms with E-state index in [4.69, 9.17) is 4.74 Å². The molecule has 2 N–H and O–H groups in total. The Morgan fingerprint density at radius 3 is 2.62 bits per heavy atom. The Morgan fingerprint density at radius 1 is 1.33 bits per heavy atom. The quantitative estimate of drug-likeness (QED) is 0.536. The normalized spacial score (nSPS) is 23.3. The number of imide groups is 1. The molecule has 0 aromatic rings. The Balaban J connectivity index is 1.45. The molecule has 3 fully saturated rings. The van der Waals surface area contributed by atoms with Gasteiger partial charge in [-0.25, -0.2) is 4.79 Å². The van der Waals surface area contributed by atoms with Crippen LogP contribution >= 0.6 is 0 Å². The van der Waals surface area contributed by atoms with E-state index >= 15 is 0 Å². The van der Waals surface area contributed by atoms with Crippen LogP contribution in [-0.4, -0.2) is 53.4 Å². The lowest BCUT2D eigenvalue weighted by molar-refractivity contribution is -0.151. The van der Waals surface area contributed by atoms with Crippen molar-refractivity contribution in [1.29, 1.82) is 0 Å². The van der Waals surface area contributed by atoms with Gasteiger partial charge in [0.25, 0.3) is 11.8 Å². The molecule has 132 valence electrons. The third-order valence-electron chi connectivity index (χ3n) is 5.07. The summed E-state index contributed by atoms with van der Waals surface area (Å²) in [6.45, 7) is 1.06. The van der Waals surface area contributed by atoms with Gasteiger partial charge in [-0.05, 0) is 38.5 Å². The van der Waals surface area contributed by atoms with Crippen LogP contribution in [0.1, 0.15) is 45.4 Å². The molecule has 1 atom stereocenters. The summed E-state index contributed by atoms with van der Waals surface area (Å²) in [5, 5.41) is 5.47. The minimum absolute atomic E-state index is 0.0735. The maximum absolute atomic E-state index is 12.4. The van der Waals surface area contributed by atoms with Gasteiger partial charge in [-0.15, -0.1) is 0 Å². The maximum Gasteiger partial charge on any atom is 0.326 e. The summed E-state index contributed by atoms with van der Waals surface area (Å²) < 4.78 is 4.89. The zero-order valence-corrected chi connectivity index (χ0v) is 13.8. The van der Waals surface area contributed by atoms with Crippen LogP contribution in [0.15, 0.2) is 0 Å². The van der Waals surface area contributed by atoms with E-state index in [0.717, 1.165) is 30.6 Å². The van der Waals surface area contributed by atoms with Crippen molar-refractivity contribution < 1.29 is 23.9 Å². The molecule has 3 aliphatic rings. The van der Waals surface area contributed by atoms with Gasteiger partial charge in [0.15, 0.2) is 6.61 Å². The number of nitrogens with zero attached hydrogens (tertiary/aromatic N) is 1. The molecule has 0 bridgehead atoms. The summed E-state index contributed by atoms with van der Waals surface area (Å²) in [6.07, 6.45) is 5.17. The van der Waals surface area contributed by atoms with E-state index in [1.54, 1.807) is 0 Å². The van der Waals surface area contributed by atoms with Crippen LogP contribution in [-0.2, 0) is 19.1 Å². The van der Waals surface area contributed by atoms with Gasteiger partial charge < -0.3 is 15.4 Å². The highest BCUT2D eigenvalue weighted by atomic mass is 16.5. The zero-order valence-electron chi connectivity index (χ0n) is 13.8. The average molecular weight is 337 g/mol. The summed E-state index contributed by atoms with van der Waals surface area (Å²) >= 11 is 0. The smallest absolute Gasteiger partial charge is 0.326 e. The summed E-state index contributed by atoms with van der Waals surface area (Å²) in [7, 11) is 0.